The predicted molar refractivity (Wildman–Crippen MR) is 79.3 cm³/mol. The second kappa shape index (κ2) is 6.38. The zero-order valence-corrected chi connectivity index (χ0v) is 12.3. The normalized spacial score (nSPS) is 17.9. The molecule has 0 bridgehead atoms. The number of nitrogens with zero attached hydrogens (tertiary/aromatic N) is 2. The predicted octanol–water partition coefficient (Wildman–Crippen LogP) is 3.54. The summed E-state index contributed by atoms with van der Waals surface area (Å²) in [6.07, 6.45) is 6.72. The zero-order valence-electron chi connectivity index (χ0n) is 12.3. The van der Waals surface area contributed by atoms with Gasteiger partial charge in [-0.05, 0) is 37.8 Å². The lowest BCUT2D eigenvalue weighted by Crippen LogP contribution is -2.36. The van der Waals surface area contributed by atoms with Gasteiger partial charge in [0, 0.05) is 12.6 Å². The number of hydrogen-bond acceptors (Lipinski definition) is 3. The van der Waals surface area contributed by atoms with Crippen LogP contribution in [0.2, 0.25) is 0 Å². The van der Waals surface area contributed by atoms with Crippen LogP contribution in [-0.2, 0) is 0 Å². The van der Waals surface area contributed by atoms with Crippen LogP contribution < -0.4 is 4.90 Å². The van der Waals surface area contributed by atoms with Crippen molar-refractivity contribution in [3.8, 4) is 0 Å². The molecule has 0 amide bonds. The van der Waals surface area contributed by atoms with Gasteiger partial charge in [-0.3, -0.25) is 4.98 Å². The van der Waals surface area contributed by atoms with Crippen molar-refractivity contribution >= 4 is 5.69 Å². The lowest BCUT2D eigenvalue weighted by molar-refractivity contribution is 0.194. The van der Waals surface area contributed by atoms with E-state index < -0.39 is 6.10 Å². The molecule has 0 saturated heterocycles. The van der Waals surface area contributed by atoms with E-state index in [9.17, 15) is 5.11 Å². The highest BCUT2D eigenvalue weighted by molar-refractivity contribution is 5.46. The van der Waals surface area contributed by atoms with E-state index in [1.165, 1.54) is 31.4 Å². The van der Waals surface area contributed by atoms with Crippen molar-refractivity contribution in [2.24, 2.45) is 5.92 Å². The van der Waals surface area contributed by atoms with E-state index >= 15 is 0 Å². The first kappa shape index (κ1) is 14.3. The molecule has 106 valence electrons. The Bertz CT molecular complexity index is 380. The number of aliphatic hydroxyl groups is 1. The highest BCUT2D eigenvalue weighted by Crippen LogP contribution is 2.29. The van der Waals surface area contributed by atoms with Crippen LogP contribution in [0.5, 0.6) is 0 Å². The number of aromatic nitrogens is 1. The minimum Gasteiger partial charge on any atom is -0.387 e. The van der Waals surface area contributed by atoms with Gasteiger partial charge in [-0.15, -0.1) is 0 Å². The fourth-order valence-electron chi connectivity index (χ4n) is 2.89. The van der Waals surface area contributed by atoms with Crippen molar-refractivity contribution in [2.75, 3.05) is 11.4 Å². The molecule has 0 aromatic carbocycles. The summed E-state index contributed by atoms with van der Waals surface area (Å²) in [5.74, 6) is 0.650. The molecule has 1 heterocycles. The molecule has 0 aliphatic heterocycles. The van der Waals surface area contributed by atoms with Crippen LogP contribution in [0, 0.1) is 5.92 Å². The summed E-state index contributed by atoms with van der Waals surface area (Å²) in [6, 6.07) is 4.72. The Morgan fingerprint density at radius 1 is 1.26 bits per heavy atom. The summed E-state index contributed by atoms with van der Waals surface area (Å²) in [6.45, 7) is 7.37. The Morgan fingerprint density at radius 3 is 2.42 bits per heavy atom. The van der Waals surface area contributed by atoms with Crippen molar-refractivity contribution in [3.63, 3.8) is 0 Å². The third-order valence-electron chi connectivity index (χ3n) is 3.86. The van der Waals surface area contributed by atoms with E-state index in [2.05, 4.69) is 29.8 Å². The van der Waals surface area contributed by atoms with Gasteiger partial charge < -0.3 is 10.0 Å². The van der Waals surface area contributed by atoms with Gasteiger partial charge >= 0.3 is 0 Å². The molecule has 0 radical (unpaired) electrons. The van der Waals surface area contributed by atoms with Crippen molar-refractivity contribution in [3.05, 3.63) is 24.0 Å². The smallest absolute Gasteiger partial charge is 0.0931 e. The lowest BCUT2D eigenvalue weighted by Gasteiger charge is -2.32. The first-order valence-electron chi connectivity index (χ1n) is 7.48. The minimum absolute atomic E-state index is 0.487. The number of aliphatic hydroxyl groups excluding tert-OH is 1. The number of anilines is 1. The second-order valence-corrected chi connectivity index (χ2v) is 6.10. The molecule has 1 fully saturated rings. The third kappa shape index (κ3) is 3.69. The Morgan fingerprint density at radius 2 is 1.95 bits per heavy atom. The zero-order chi connectivity index (χ0) is 13.8. The van der Waals surface area contributed by atoms with E-state index in [1.54, 1.807) is 6.92 Å². The lowest BCUT2D eigenvalue weighted by atomic mass is 10.1. The third-order valence-corrected chi connectivity index (χ3v) is 3.86. The summed E-state index contributed by atoms with van der Waals surface area (Å²) in [4.78, 5) is 6.90. The fraction of sp³-hybridized carbons (Fsp3) is 0.688. The van der Waals surface area contributed by atoms with E-state index in [0.717, 1.165) is 12.2 Å². The van der Waals surface area contributed by atoms with Crippen LogP contribution in [0.15, 0.2) is 18.3 Å². The average molecular weight is 262 g/mol. The van der Waals surface area contributed by atoms with Crippen LogP contribution in [0.1, 0.15) is 58.3 Å². The van der Waals surface area contributed by atoms with E-state index in [0.29, 0.717) is 12.0 Å². The molecule has 1 N–H and O–H groups in total. The van der Waals surface area contributed by atoms with Crippen molar-refractivity contribution < 1.29 is 5.11 Å². The van der Waals surface area contributed by atoms with Crippen LogP contribution >= 0.6 is 0 Å². The largest absolute Gasteiger partial charge is 0.387 e. The highest BCUT2D eigenvalue weighted by Gasteiger charge is 2.23. The summed E-state index contributed by atoms with van der Waals surface area (Å²) < 4.78 is 0. The monoisotopic (exact) mass is 262 g/mol. The molecule has 3 nitrogen and oxygen atoms in total. The van der Waals surface area contributed by atoms with Gasteiger partial charge in [0.1, 0.15) is 0 Å². The minimum atomic E-state index is -0.487. The van der Waals surface area contributed by atoms with Crippen molar-refractivity contribution in [2.45, 2.75) is 58.6 Å². The molecular weight excluding hydrogens is 236 g/mol. The maximum Gasteiger partial charge on any atom is 0.0931 e. The van der Waals surface area contributed by atoms with Gasteiger partial charge in [0.15, 0.2) is 0 Å². The van der Waals surface area contributed by atoms with Crippen LogP contribution in [0.4, 0.5) is 5.69 Å². The molecule has 1 aliphatic carbocycles. The summed E-state index contributed by atoms with van der Waals surface area (Å²) in [5, 5.41) is 9.53. The quantitative estimate of drug-likeness (QED) is 0.881. The van der Waals surface area contributed by atoms with Crippen molar-refractivity contribution in [1.29, 1.82) is 0 Å². The summed E-state index contributed by atoms with van der Waals surface area (Å²) >= 11 is 0. The van der Waals surface area contributed by atoms with Crippen LogP contribution in [0.3, 0.4) is 0 Å². The molecular formula is C16H26N2O. The molecule has 1 aromatic heterocycles. The molecule has 1 aliphatic rings. The van der Waals surface area contributed by atoms with Gasteiger partial charge in [-0.1, -0.05) is 26.7 Å². The Labute approximate surface area is 116 Å². The van der Waals surface area contributed by atoms with Crippen LogP contribution in [0.25, 0.3) is 0 Å². The molecule has 0 spiro atoms. The van der Waals surface area contributed by atoms with E-state index in [-0.39, 0.29) is 0 Å². The van der Waals surface area contributed by atoms with Gasteiger partial charge in [0.25, 0.3) is 0 Å². The van der Waals surface area contributed by atoms with E-state index in [4.69, 9.17) is 0 Å². The average Bonchev–Trinajstić information content (AvgIpc) is 2.89. The molecule has 1 aromatic rings. The van der Waals surface area contributed by atoms with Crippen molar-refractivity contribution in [1.82, 2.24) is 4.98 Å². The Hall–Kier alpha value is -1.09. The Kier molecular flexibility index (Phi) is 4.81. The second-order valence-electron chi connectivity index (χ2n) is 6.10. The number of pyridine rings is 1. The summed E-state index contributed by atoms with van der Waals surface area (Å²) in [5.41, 5.74) is 1.95. The van der Waals surface area contributed by atoms with E-state index in [1.807, 2.05) is 12.3 Å². The van der Waals surface area contributed by atoms with Crippen LogP contribution in [-0.4, -0.2) is 22.7 Å². The molecule has 1 saturated carbocycles. The SMILES string of the molecule is CC(C)CN(c1ccc(C(C)O)nc1)C1CCCC1. The van der Waals surface area contributed by atoms with Gasteiger partial charge in [-0.25, -0.2) is 0 Å². The first-order valence-corrected chi connectivity index (χ1v) is 7.48. The molecule has 1 atom stereocenters. The maximum absolute atomic E-state index is 9.53. The molecule has 3 heteroatoms. The first-order chi connectivity index (χ1) is 9.08. The molecule has 2 rings (SSSR count). The van der Waals surface area contributed by atoms with Gasteiger partial charge in [-0.2, -0.15) is 0 Å². The van der Waals surface area contributed by atoms with Gasteiger partial charge in [0.2, 0.25) is 0 Å². The number of hydrogen-bond donors (Lipinski definition) is 1. The Balaban J connectivity index is 2.16. The van der Waals surface area contributed by atoms with Gasteiger partial charge in [0.05, 0.1) is 23.7 Å². The molecule has 19 heavy (non-hydrogen) atoms. The fourth-order valence-corrected chi connectivity index (χ4v) is 2.89. The topological polar surface area (TPSA) is 36.4 Å². The summed E-state index contributed by atoms with van der Waals surface area (Å²) in [7, 11) is 0. The number of rotatable bonds is 5. The molecule has 1 unspecified atom stereocenters. The highest BCUT2D eigenvalue weighted by atomic mass is 16.3. The maximum atomic E-state index is 9.53. The standard InChI is InChI=1S/C16H26N2O/c1-12(2)11-18(14-6-4-5-7-14)15-8-9-16(13(3)19)17-10-15/h8-10,12-14,19H,4-7,11H2,1-3H3.